The molecule has 5 nitrogen and oxygen atoms in total. The van der Waals surface area contributed by atoms with Gasteiger partial charge in [0.1, 0.15) is 13.2 Å². The van der Waals surface area contributed by atoms with Gasteiger partial charge < -0.3 is 19.7 Å². The van der Waals surface area contributed by atoms with E-state index in [-0.39, 0.29) is 11.8 Å². The summed E-state index contributed by atoms with van der Waals surface area (Å²) < 4.78 is 11.3. The minimum Gasteiger partial charge on any atom is -0.486 e. The summed E-state index contributed by atoms with van der Waals surface area (Å²) in [5.74, 6) is 1.67. The predicted octanol–water partition coefficient (Wildman–Crippen LogP) is 2.97. The third kappa shape index (κ3) is 3.50. The second-order valence-electron chi connectivity index (χ2n) is 6.45. The SMILES string of the molecule is Cc1ccc(CN(C(=O)C2CCNC2)c2ccc3c(c2)OCCO3)s1. The van der Waals surface area contributed by atoms with E-state index in [1.54, 1.807) is 11.3 Å². The molecule has 4 rings (SSSR count). The average Bonchev–Trinajstić information content (AvgIpc) is 3.30. The van der Waals surface area contributed by atoms with Crippen molar-refractivity contribution >= 4 is 22.9 Å². The number of amides is 1. The van der Waals surface area contributed by atoms with E-state index in [4.69, 9.17) is 9.47 Å². The van der Waals surface area contributed by atoms with E-state index >= 15 is 0 Å². The van der Waals surface area contributed by atoms with Crippen LogP contribution in [0.15, 0.2) is 30.3 Å². The maximum Gasteiger partial charge on any atom is 0.231 e. The molecular formula is C19H22N2O3S. The first-order chi connectivity index (χ1) is 12.2. The molecule has 132 valence electrons. The Morgan fingerprint density at radius 1 is 1.24 bits per heavy atom. The Morgan fingerprint density at radius 3 is 2.80 bits per heavy atom. The van der Waals surface area contributed by atoms with Crippen LogP contribution < -0.4 is 19.7 Å². The van der Waals surface area contributed by atoms with Gasteiger partial charge in [0.05, 0.1) is 12.5 Å². The topological polar surface area (TPSA) is 50.8 Å². The van der Waals surface area contributed by atoms with E-state index in [0.717, 1.165) is 30.9 Å². The van der Waals surface area contributed by atoms with Gasteiger partial charge in [-0.3, -0.25) is 4.79 Å². The number of anilines is 1. The average molecular weight is 358 g/mol. The summed E-state index contributed by atoms with van der Waals surface area (Å²) in [5.41, 5.74) is 0.868. The molecule has 2 aromatic rings. The fraction of sp³-hybridized carbons (Fsp3) is 0.421. The summed E-state index contributed by atoms with van der Waals surface area (Å²) in [4.78, 5) is 17.5. The lowest BCUT2D eigenvalue weighted by molar-refractivity contribution is -0.121. The fourth-order valence-corrected chi connectivity index (χ4v) is 4.19. The van der Waals surface area contributed by atoms with Crippen molar-refractivity contribution in [2.45, 2.75) is 19.9 Å². The largest absolute Gasteiger partial charge is 0.486 e. The number of carbonyl (C=O) groups excluding carboxylic acids is 1. The van der Waals surface area contributed by atoms with Gasteiger partial charge in [-0.1, -0.05) is 0 Å². The van der Waals surface area contributed by atoms with Crippen LogP contribution in [0.5, 0.6) is 11.5 Å². The third-order valence-electron chi connectivity index (χ3n) is 4.62. The minimum absolute atomic E-state index is 0.0364. The number of fused-ring (bicyclic) bond motifs is 1. The Balaban J connectivity index is 1.65. The van der Waals surface area contributed by atoms with E-state index in [9.17, 15) is 4.79 Å². The Morgan fingerprint density at radius 2 is 2.08 bits per heavy atom. The number of aryl methyl sites for hydroxylation is 1. The predicted molar refractivity (Wildman–Crippen MR) is 98.7 cm³/mol. The van der Waals surface area contributed by atoms with Gasteiger partial charge >= 0.3 is 0 Å². The van der Waals surface area contributed by atoms with E-state index in [2.05, 4.69) is 24.4 Å². The molecule has 2 aliphatic rings. The molecule has 1 N–H and O–H groups in total. The number of rotatable bonds is 4. The maximum atomic E-state index is 13.1. The Kier molecular flexibility index (Phi) is 4.63. The molecule has 1 aromatic heterocycles. The van der Waals surface area contributed by atoms with Gasteiger partial charge in [0.15, 0.2) is 11.5 Å². The fourth-order valence-electron chi connectivity index (χ4n) is 3.31. The first-order valence-electron chi connectivity index (χ1n) is 8.68. The highest BCUT2D eigenvalue weighted by molar-refractivity contribution is 7.11. The van der Waals surface area contributed by atoms with Gasteiger partial charge in [0.25, 0.3) is 0 Å². The first-order valence-corrected chi connectivity index (χ1v) is 9.49. The number of hydrogen-bond donors (Lipinski definition) is 1. The maximum absolute atomic E-state index is 13.1. The number of benzene rings is 1. The van der Waals surface area contributed by atoms with E-state index in [0.29, 0.717) is 25.5 Å². The highest BCUT2D eigenvalue weighted by Gasteiger charge is 2.29. The molecule has 0 bridgehead atoms. The molecular weight excluding hydrogens is 336 g/mol. The molecule has 1 aromatic carbocycles. The Labute approximate surface area is 151 Å². The second kappa shape index (κ2) is 7.06. The summed E-state index contributed by atoms with van der Waals surface area (Å²) in [6.45, 7) is 5.45. The summed E-state index contributed by atoms with van der Waals surface area (Å²) in [7, 11) is 0. The molecule has 25 heavy (non-hydrogen) atoms. The zero-order valence-electron chi connectivity index (χ0n) is 14.3. The van der Waals surface area contributed by atoms with Crippen molar-refractivity contribution in [1.29, 1.82) is 0 Å². The standard InChI is InChI=1S/C19H22N2O3S/c1-13-2-4-16(25-13)12-21(19(22)14-6-7-20-11-14)15-3-5-17-18(10-15)24-9-8-23-17/h2-5,10,14,20H,6-9,11-12H2,1H3. The van der Waals surface area contributed by atoms with Crippen LogP contribution in [0.4, 0.5) is 5.69 Å². The number of carbonyl (C=O) groups is 1. The number of thiophene rings is 1. The molecule has 2 aliphatic heterocycles. The van der Waals surface area contributed by atoms with Crippen molar-refractivity contribution in [3.8, 4) is 11.5 Å². The molecule has 1 amide bonds. The molecule has 0 radical (unpaired) electrons. The van der Waals surface area contributed by atoms with Crippen LogP contribution >= 0.6 is 11.3 Å². The van der Waals surface area contributed by atoms with Crippen LogP contribution in [0.3, 0.4) is 0 Å². The highest BCUT2D eigenvalue weighted by atomic mass is 32.1. The summed E-state index contributed by atoms with van der Waals surface area (Å²) in [6.07, 6.45) is 0.892. The molecule has 3 heterocycles. The molecule has 0 spiro atoms. The summed E-state index contributed by atoms with van der Waals surface area (Å²) in [6, 6.07) is 9.98. The number of ether oxygens (including phenoxy) is 2. The number of nitrogens with zero attached hydrogens (tertiary/aromatic N) is 1. The van der Waals surface area contributed by atoms with Gasteiger partial charge in [-0.05, 0) is 44.2 Å². The number of nitrogens with one attached hydrogen (secondary N) is 1. The molecule has 1 saturated heterocycles. The molecule has 6 heteroatoms. The molecule has 0 aliphatic carbocycles. The van der Waals surface area contributed by atoms with Crippen LogP contribution in [0.2, 0.25) is 0 Å². The lowest BCUT2D eigenvalue weighted by Gasteiger charge is -2.27. The van der Waals surface area contributed by atoms with Crippen molar-refractivity contribution in [3.63, 3.8) is 0 Å². The van der Waals surface area contributed by atoms with Gasteiger partial charge in [-0.15, -0.1) is 11.3 Å². The smallest absolute Gasteiger partial charge is 0.231 e. The highest BCUT2D eigenvalue weighted by Crippen LogP contribution is 2.35. The minimum atomic E-state index is 0.0364. The Hall–Kier alpha value is -2.05. The van der Waals surface area contributed by atoms with Crippen LogP contribution in [0.1, 0.15) is 16.2 Å². The molecule has 1 atom stereocenters. The van der Waals surface area contributed by atoms with E-state index in [1.165, 1.54) is 9.75 Å². The van der Waals surface area contributed by atoms with Crippen LogP contribution in [-0.2, 0) is 11.3 Å². The van der Waals surface area contributed by atoms with Gasteiger partial charge in [-0.25, -0.2) is 0 Å². The molecule has 0 saturated carbocycles. The van der Waals surface area contributed by atoms with Crippen molar-refractivity contribution in [2.24, 2.45) is 5.92 Å². The summed E-state index contributed by atoms with van der Waals surface area (Å²) in [5, 5.41) is 3.29. The van der Waals surface area contributed by atoms with Gasteiger partial charge in [-0.2, -0.15) is 0 Å². The lowest BCUT2D eigenvalue weighted by Crippen LogP contribution is -2.36. The van der Waals surface area contributed by atoms with E-state index < -0.39 is 0 Å². The molecule has 1 unspecified atom stereocenters. The number of hydrogen-bond acceptors (Lipinski definition) is 5. The van der Waals surface area contributed by atoms with Crippen LogP contribution in [0, 0.1) is 12.8 Å². The zero-order chi connectivity index (χ0) is 17.2. The van der Waals surface area contributed by atoms with Crippen LogP contribution in [0.25, 0.3) is 0 Å². The van der Waals surface area contributed by atoms with Crippen LogP contribution in [-0.4, -0.2) is 32.2 Å². The zero-order valence-corrected chi connectivity index (χ0v) is 15.1. The van der Waals surface area contributed by atoms with Gasteiger partial charge in [0.2, 0.25) is 5.91 Å². The van der Waals surface area contributed by atoms with E-state index in [1.807, 2.05) is 23.1 Å². The normalized spacial score (nSPS) is 19.0. The molecule has 1 fully saturated rings. The van der Waals surface area contributed by atoms with Crippen molar-refractivity contribution in [1.82, 2.24) is 5.32 Å². The van der Waals surface area contributed by atoms with Crippen molar-refractivity contribution < 1.29 is 14.3 Å². The Bertz CT molecular complexity index is 768. The first kappa shape index (κ1) is 16.4. The van der Waals surface area contributed by atoms with Gasteiger partial charge in [0, 0.05) is 28.1 Å². The quantitative estimate of drug-likeness (QED) is 0.913. The summed E-state index contributed by atoms with van der Waals surface area (Å²) >= 11 is 1.73. The van der Waals surface area contributed by atoms with Crippen molar-refractivity contribution in [2.75, 3.05) is 31.2 Å². The monoisotopic (exact) mass is 358 g/mol. The van der Waals surface area contributed by atoms with Crippen molar-refractivity contribution in [3.05, 3.63) is 40.1 Å². The second-order valence-corrected chi connectivity index (χ2v) is 7.83. The third-order valence-corrected chi connectivity index (χ3v) is 5.61. The lowest BCUT2D eigenvalue weighted by atomic mass is 10.1.